The second-order valence-corrected chi connectivity index (χ2v) is 7.37. The van der Waals surface area contributed by atoms with Crippen molar-refractivity contribution in [1.29, 1.82) is 5.26 Å². The predicted molar refractivity (Wildman–Crippen MR) is 87.2 cm³/mol. The first-order valence-electron chi connectivity index (χ1n) is 7.67. The molecule has 0 spiro atoms. The maximum Gasteiger partial charge on any atom is 0.246 e. The van der Waals surface area contributed by atoms with Crippen LogP contribution in [0.25, 0.3) is 0 Å². The van der Waals surface area contributed by atoms with Gasteiger partial charge in [-0.1, -0.05) is 0 Å². The lowest BCUT2D eigenvalue weighted by Crippen LogP contribution is -2.40. The van der Waals surface area contributed by atoms with Crippen LogP contribution in [-0.2, 0) is 14.8 Å². The standard InChI is InChI=1S/C17H14F2N2O4S/c18-13-2-3-14(19)16(10-13)25-15-4-1-12(11-20)9-17(15)26(22,23)21-5-7-24-8-6-21/h1-4,9-10H,5-8H2. The van der Waals surface area contributed by atoms with E-state index in [0.29, 0.717) is 0 Å². The van der Waals surface area contributed by atoms with Gasteiger partial charge in [0.15, 0.2) is 11.6 Å². The first-order chi connectivity index (χ1) is 12.4. The van der Waals surface area contributed by atoms with Crippen LogP contribution < -0.4 is 4.74 Å². The quantitative estimate of drug-likeness (QED) is 0.815. The fraction of sp³-hybridized carbons (Fsp3) is 0.235. The van der Waals surface area contributed by atoms with Crippen molar-refractivity contribution in [2.24, 2.45) is 0 Å². The van der Waals surface area contributed by atoms with E-state index in [1.807, 2.05) is 6.07 Å². The Morgan fingerprint density at radius 1 is 1.08 bits per heavy atom. The van der Waals surface area contributed by atoms with Crippen LogP contribution in [0.1, 0.15) is 5.56 Å². The number of ether oxygens (including phenoxy) is 2. The smallest absolute Gasteiger partial charge is 0.246 e. The maximum atomic E-state index is 13.9. The molecule has 136 valence electrons. The van der Waals surface area contributed by atoms with Crippen LogP contribution >= 0.6 is 0 Å². The molecule has 0 unspecified atom stereocenters. The molecule has 0 atom stereocenters. The summed E-state index contributed by atoms with van der Waals surface area (Å²) in [4.78, 5) is -0.290. The van der Waals surface area contributed by atoms with Gasteiger partial charge in [-0.15, -0.1) is 0 Å². The molecule has 3 rings (SSSR count). The molecule has 1 aliphatic rings. The van der Waals surface area contributed by atoms with E-state index in [0.717, 1.165) is 24.3 Å². The summed E-state index contributed by atoms with van der Waals surface area (Å²) in [7, 11) is -4.01. The van der Waals surface area contributed by atoms with E-state index in [-0.39, 0.29) is 42.5 Å². The SMILES string of the molecule is N#Cc1ccc(Oc2cc(F)ccc2F)c(S(=O)(=O)N2CCOCC2)c1. The Labute approximate surface area is 149 Å². The first-order valence-corrected chi connectivity index (χ1v) is 9.11. The van der Waals surface area contributed by atoms with E-state index in [2.05, 4.69) is 0 Å². The largest absolute Gasteiger partial charge is 0.453 e. The van der Waals surface area contributed by atoms with E-state index < -0.39 is 27.4 Å². The summed E-state index contributed by atoms with van der Waals surface area (Å²) in [6.45, 7) is 0.775. The van der Waals surface area contributed by atoms with Gasteiger partial charge in [0, 0.05) is 19.2 Å². The molecule has 2 aromatic carbocycles. The number of sulfonamides is 1. The molecule has 0 bridgehead atoms. The molecule has 26 heavy (non-hydrogen) atoms. The van der Waals surface area contributed by atoms with Crippen molar-refractivity contribution >= 4 is 10.0 Å². The Bertz CT molecular complexity index is 967. The number of morpholine rings is 1. The molecule has 0 radical (unpaired) electrons. The number of nitriles is 1. The fourth-order valence-electron chi connectivity index (χ4n) is 2.46. The van der Waals surface area contributed by atoms with E-state index >= 15 is 0 Å². The van der Waals surface area contributed by atoms with Crippen LogP contribution in [0, 0.1) is 23.0 Å². The molecule has 0 aromatic heterocycles. The van der Waals surface area contributed by atoms with Crippen LogP contribution in [-0.4, -0.2) is 39.0 Å². The third kappa shape index (κ3) is 3.67. The first kappa shape index (κ1) is 18.3. The minimum Gasteiger partial charge on any atom is -0.453 e. The second-order valence-electron chi connectivity index (χ2n) is 5.47. The van der Waals surface area contributed by atoms with Gasteiger partial charge in [0.05, 0.1) is 24.8 Å². The third-order valence-corrected chi connectivity index (χ3v) is 5.69. The highest BCUT2D eigenvalue weighted by atomic mass is 32.2. The zero-order valence-electron chi connectivity index (χ0n) is 13.5. The van der Waals surface area contributed by atoms with Crippen molar-refractivity contribution in [2.75, 3.05) is 26.3 Å². The molecule has 0 aliphatic carbocycles. The molecule has 1 fully saturated rings. The lowest BCUT2D eigenvalue weighted by Gasteiger charge is -2.26. The monoisotopic (exact) mass is 380 g/mol. The normalized spacial score (nSPS) is 15.4. The summed E-state index contributed by atoms with van der Waals surface area (Å²) in [5, 5.41) is 9.07. The summed E-state index contributed by atoms with van der Waals surface area (Å²) < 4.78 is 64.8. The van der Waals surface area contributed by atoms with Gasteiger partial charge in [-0.3, -0.25) is 0 Å². The Morgan fingerprint density at radius 3 is 2.50 bits per heavy atom. The molecular weight excluding hydrogens is 366 g/mol. The predicted octanol–water partition coefficient (Wildman–Crippen LogP) is 2.65. The lowest BCUT2D eigenvalue weighted by molar-refractivity contribution is 0.0730. The van der Waals surface area contributed by atoms with Crippen molar-refractivity contribution in [1.82, 2.24) is 4.31 Å². The number of rotatable bonds is 4. The van der Waals surface area contributed by atoms with Crippen molar-refractivity contribution in [3.8, 4) is 17.6 Å². The Balaban J connectivity index is 2.06. The highest BCUT2D eigenvalue weighted by Crippen LogP contribution is 2.33. The van der Waals surface area contributed by atoms with Gasteiger partial charge in [0.2, 0.25) is 10.0 Å². The molecule has 0 saturated carbocycles. The van der Waals surface area contributed by atoms with Crippen LogP contribution in [0.5, 0.6) is 11.5 Å². The van der Waals surface area contributed by atoms with Gasteiger partial charge in [0.1, 0.15) is 16.5 Å². The van der Waals surface area contributed by atoms with Gasteiger partial charge in [0.25, 0.3) is 0 Å². The topological polar surface area (TPSA) is 79.6 Å². The fourth-order valence-corrected chi connectivity index (χ4v) is 4.01. The van der Waals surface area contributed by atoms with Crippen molar-refractivity contribution in [3.05, 3.63) is 53.6 Å². The summed E-state index contributed by atoms with van der Waals surface area (Å²) in [6, 6.07) is 8.21. The Kier molecular flexibility index (Phi) is 5.18. The molecule has 9 heteroatoms. The highest BCUT2D eigenvalue weighted by molar-refractivity contribution is 7.89. The van der Waals surface area contributed by atoms with E-state index in [4.69, 9.17) is 14.7 Å². The van der Waals surface area contributed by atoms with Crippen LogP contribution in [0.15, 0.2) is 41.3 Å². The molecule has 1 heterocycles. The summed E-state index contributed by atoms with van der Waals surface area (Å²) in [5.41, 5.74) is 0.101. The zero-order valence-corrected chi connectivity index (χ0v) is 14.3. The number of halogens is 2. The van der Waals surface area contributed by atoms with Crippen molar-refractivity contribution < 1.29 is 26.7 Å². The van der Waals surface area contributed by atoms with Crippen LogP contribution in [0.4, 0.5) is 8.78 Å². The summed E-state index contributed by atoms with van der Waals surface area (Å²) >= 11 is 0. The second kappa shape index (κ2) is 7.37. The van der Waals surface area contributed by atoms with Crippen molar-refractivity contribution in [2.45, 2.75) is 4.90 Å². The molecule has 1 aliphatic heterocycles. The molecule has 0 amide bonds. The average Bonchev–Trinajstić information content (AvgIpc) is 2.65. The number of nitrogens with zero attached hydrogens (tertiary/aromatic N) is 2. The lowest BCUT2D eigenvalue weighted by atomic mass is 10.2. The number of benzene rings is 2. The minimum atomic E-state index is -4.01. The molecule has 2 aromatic rings. The Hall–Kier alpha value is -2.54. The zero-order chi connectivity index (χ0) is 18.7. The molecular formula is C17H14F2N2O4S. The third-order valence-electron chi connectivity index (χ3n) is 3.77. The van der Waals surface area contributed by atoms with Gasteiger partial charge in [-0.05, 0) is 30.3 Å². The highest BCUT2D eigenvalue weighted by Gasteiger charge is 2.30. The van der Waals surface area contributed by atoms with E-state index in [9.17, 15) is 17.2 Å². The summed E-state index contributed by atoms with van der Waals surface area (Å²) in [5.74, 6) is -2.22. The van der Waals surface area contributed by atoms with Gasteiger partial charge in [-0.2, -0.15) is 9.57 Å². The molecule has 6 nitrogen and oxygen atoms in total. The average molecular weight is 380 g/mol. The van der Waals surface area contributed by atoms with E-state index in [1.165, 1.54) is 16.4 Å². The summed E-state index contributed by atoms with van der Waals surface area (Å²) in [6.07, 6.45) is 0. The van der Waals surface area contributed by atoms with Gasteiger partial charge >= 0.3 is 0 Å². The number of hydrogen-bond acceptors (Lipinski definition) is 5. The van der Waals surface area contributed by atoms with Crippen molar-refractivity contribution in [3.63, 3.8) is 0 Å². The molecule has 0 N–H and O–H groups in total. The van der Waals surface area contributed by atoms with Gasteiger partial charge < -0.3 is 9.47 Å². The van der Waals surface area contributed by atoms with Crippen LogP contribution in [0.3, 0.4) is 0 Å². The van der Waals surface area contributed by atoms with E-state index in [1.54, 1.807) is 0 Å². The Morgan fingerprint density at radius 2 is 1.81 bits per heavy atom. The maximum absolute atomic E-state index is 13.9. The van der Waals surface area contributed by atoms with Crippen LogP contribution in [0.2, 0.25) is 0 Å². The number of hydrogen-bond donors (Lipinski definition) is 0. The van der Waals surface area contributed by atoms with Gasteiger partial charge in [-0.25, -0.2) is 17.2 Å². The molecule has 1 saturated heterocycles. The minimum absolute atomic E-state index is 0.101.